The van der Waals surface area contributed by atoms with Crippen molar-refractivity contribution in [3.8, 4) is 0 Å². The highest BCUT2D eigenvalue weighted by molar-refractivity contribution is 7.17. The Morgan fingerprint density at radius 3 is 2.50 bits per heavy atom. The highest BCUT2D eigenvalue weighted by Gasteiger charge is 2.18. The number of amides is 1. The zero-order valence-corrected chi connectivity index (χ0v) is 18.2. The van der Waals surface area contributed by atoms with E-state index in [4.69, 9.17) is 0 Å². The average molecular weight is 421 g/mol. The number of benzene rings is 2. The molecule has 154 valence electrons. The molecule has 0 fully saturated rings. The smallest absolute Gasteiger partial charge is 0.268 e. The normalized spacial score (nSPS) is 11.7. The van der Waals surface area contributed by atoms with Gasteiger partial charge in [0.2, 0.25) is 0 Å². The standard InChI is InChI=1S/C25H25FN2OS/c1-25(2,3)19-9-7-17(8-10-19)16-28-21-11-12-30-23(21)14-22(28)24(29)27-15-18-5-4-6-20(26)13-18/h4-14H,15-16H2,1-3H3,(H,27,29). The van der Waals surface area contributed by atoms with E-state index in [1.807, 2.05) is 17.5 Å². The number of halogens is 1. The molecule has 0 atom stereocenters. The van der Waals surface area contributed by atoms with Gasteiger partial charge >= 0.3 is 0 Å². The minimum atomic E-state index is -0.302. The number of hydrogen-bond acceptors (Lipinski definition) is 2. The third kappa shape index (κ3) is 4.31. The molecule has 0 aliphatic carbocycles. The number of nitrogens with one attached hydrogen (secondary N) is 1. The Morgan fingerprint density at radius 2 is 1.80 bits per heavy atom. The van der Waals surface area contributed by atoms with Crippen molar-refractivity contribution < 1.29 is 9.18 Å². The SMILES string of the molecule is CC(C)(C)c1ccc(Cn2c(C(=O)NCc3cccc(F)c3)cc3sccc32)cc1. The predicted octanol–water partition coefficient (Wildman–Crippen LogP) is 6.12. The van der Waals surface area contributed by atoms with Crippen LogP contribution in [0.3, 0.4) is 0 Å². The van der Waals surface area contributed by atoms with Crippen LogP contribution in [0.4, 0.5) is 4.39 Å². The Bertz CT molecular complexity index is 1180. The van der Waals surface area contributed by atoms with Gasteiger partial charge in [0.15, 0.2) is 0 Å². The topological polar surface area (TPSA) is 34.0 Å². The first-order valence-corrected chi connectivity index (χ1v) is 10.9. The second kappa shape index (κ2) is 8.07. The Labute approximate surface area is 180 Å². The molecule has 30 heavy (non-hydrogen) atoms. The fraction of sp³-hybridized carbons (Fsp3) is 0.240. The summed E-state index contributed by atoms with van der Waals surface area (Å²) in [5.41, 5.74) is 4.94. The molecule has 2 heterocycles. The largest absolute Gasteiger partial charge is 0.347 e. The zero-order valence-electron chi connectivity index (χ0n) is 17.4. The summed E-state index contributed by atoms with van der Waals surface area (Å²) in [5.74, 6) is -0.460. The first-order valence-electron chi connectivity index (χ1n) is 10.00. The minimum absolute atomic E-state index is 0.106. The summed E-state index contributed by atoms with van der Waals surface area (Å²) < 4.78 is 16.5. The van der Waals surface area contributed by atoms with E-state index in [0.29, 0.717) is 12.2 Å². The van der Waals surface area contributed by atoms with Gasteiger partial charge in [-0.05, 0) is 51.8 Å². The molecule has 0 aliphatic heterocycles. The van der Waals surface area contributed by atoms with E-state index in [0.717, 1.165) is 21.3 Å². The summed E-state index contributed by atoms with van der Waals surface area (Å²) in [5, 5.41) is 4.97. The molecule has 0 bridgehead atoms. The Balaban J connectivity index is 1.58. The van der Waals surface area contributed by atoms with Gasteiger partial charge in [-0.3, -0.25) is 4.79 Å². The van der Waals surface area contributed by atoms with Crippen LogP contribution in [-0.2, 0) is 18.5 Å². The van der Waals surface area contributed by atoms with Crippen LogP contribution in [0.1, 0.15) is 48.0 Å². The van der Waals surface area contributed by atoms with Crippen molar-refractivity contribution in [2.24, 2.45) is 0 Å². The van der Waals surface area contributed by atoms with Crippen molar-refractivity contribution >= 4 is 27.5 Å². The van der Waals surface area contributed by atoms with Crippen molar-refractivity contribution in [3.05, 3.63) is 94.2 Å². The zero-order chi connectivity index (χ0) is 21.3. The lowest BCUT2D eigenvalue weighted by Gasteiger charge is -2.19. The van der Waals surface area contributed by atoms with Gasteiger partial charge in [-0.15, -0.1) is 11.3 Å². The molecule has 0 saturated carbocycles. The fourth-order valence-corrected chi connectivity index (χ4v) is 4.37. The van der Waals surface area contributed by atoms with E-state index >= 15 is 0 Å². The highest BCUT2D eigenvalue weighted by atomic mass is 32.1. The number of carbonyl (C=O) groups is 1. The Kier molecular flexibility index (Phi) is 5.48. The number of fused-ring (bicyclic) bond motifs is 1. The van der Waals surface area contributed by atoms with Crippen molar-refractivity contribution in [1.29, 1.82) is 0 Å². The Hall–Kier alpha value is -2.92. The van der Waals surface area contributed by atoms with E-state index < -0.39 is 0 Å². The third-order valence-electron chi connectivity index (χ3n) is 5.26. The Morgan fingerprint density at radius 1 is 1.03 bits per heavy atom. The highest BCUT2D eigenvalue weighted by Crippen LogP contribution is 2.27. The molecule has 2 aromatic heterocycles. The lowest BCUT2D eigenvalue weighted by molar-refractivity contribution is 0.0942. The molecule has 0 radical (unpaired) electrons. The first kappa shape index (κ1) is 20.4. The molecule has 0 unspecified atom stereocenters. The minimum Gasteiger partial charge on any atom is -0.347 e. The van der Waals surface area contributed by atoms with Crippen LogP contribution in [0.2, 0.25) is 0 Å². The van der Waals surface area contributed by atoms with Gasteiger partial charge in [0.1, 0.15) is 11.5 Å². The second-order valence-electron chi connectivity index (χ2n) is 8.55. The van der Waals surface area contributed by atoms with Crippen LogP contribution in [0.5, 0.6) is 0 Å². The molecular weight excluding hydrogens is 395 g/mol. The molecule has 0 aliphatic rings. The fourth-order valence-electron chi connectivity index (χ4n) is 3.55. The van der Waals surface area contributed by atoms with Crippen molar-refractivity contribution in [1.82, 2.24) is 9.88 Å². The molecule has 3 nitrogen and oxygen atoms in total. The van der Waals surface area contributed by atoms with Crippen LogP contribution in [-0.4, -0.2) is 10.5 Å². The van der Waals surface area contributed by atoms with Gasteiger partial charge in [-0.2, -0.15) is 0 Å². The lowest BCUT2D eigenvalue weighted by atomic mass is 9.87. The number of rotatable bonds is 5. The molecule has 1 N–H and O–H groups in total. The first-order chi connectivity index (χ1) is 14.3. The molecule has 0 saturated heterocycles. The molecule has 4 aromatic rings. The summed E-state index contributed by atoms with van der Waals surface area (Å²) in [6.45, 7) is 7.50. The van der Waals surface area contributed by atoms with Crippen molar-refractivity contribution in [3.63, 3.8) is 0 Å². The maximum absolute atomic E-state index is 13.4. The summed E-state index contributed by atoms with van der Waals surface area (Å²) in [4.78, 5) is 12.9. The molecular formula is C25H25FN2OS. The summed E-state index contributed by atoms with van der Waals surface area (Å²) in [6.07, 6.45) is 0. The monoisotopic (exact) mass is 420 g/mol. The molecule has 1 amide bonds. The van der Waals surface area contributed by atoms with Crippen molar-refractivity contribution in [2.45, 2.75) is 39.3 Å². The van der Waals surface area contributed by atoms with Crippen molar-refractivity contribution in [2.75, 3.05) is 0 Å². The second-order valence-corrected chi connectivity index (χ2v) is 9.49. The van der Waals surface area contributed by atoms with Crippen LogP contribution in [0.25, 0.3) is 10.2 Å². The number of nitrogens with zero attached hydrogens (tertiary/aromatic N) is 1. The van der Waals surface area contributed by atoms with E-state index in [9.17, 15) is 9.18 Å². The number of carbonyl (C=O) groups excluding carboxylic acids is 1. The number of hydrogen-bond donors (Lipinski definition) is 1. The van der Waals surface area contributed by atoms with Crippen LogP contribution < -0.4 is 5.32 Å². The third-order valence-corrected chi connectivity index (χ3v) is 6.11. The predicted molar refractivity (Wildman–Crippen MR) is 122 cm³/mol. The maximum Gasteiger partial charge on any atom is 0.268 e. The van der Waals surface area contributed by atoms with E-state index in [2.05, 4.69) is 54.9 Å². The quantitative estimate of drug-likeness (QED) is 0.415. The summed E-state index contributed by atoms with van der Waals surface area (Å²) in [6, 6.07) is 18.9. The van der Waals surface area contributed by atoms with E-state index in [1.54, 1.807) is 23.5 Å². The van der Waals surface area contributed by atoms with Gasteiger partial charge in [0.05, 0.1) is 10.2 Å². The molecule has 2 aromatic carbocycles. The summed E-state index contributed by atoms with van der Waals surface area (Å²) >= 11 is 1.62. The van der Waals surface area contributed by atoms with Gasteiger partial charge in [0.25, 0.3) is 5.91 Å². The average Bonchev–Trinajstić information content (AvgIpc) is 3.29. The van der Waals surface area contributed by atoms with Crippen LogP contribution in [0.15, 0.2) is 66.0 Å². The molecule has 0 spiro atoms. The van der Waals surface area contributed by atoms with Gasteiger partial charge in [-0.25, -0.2) is 4.39 Å². The summed E-state index contributed by atoms with van der Waals surface area (Å²) in [7, 11) is 0. The van der Waals surface area contributed by atoms with Gasteiger partial charge in [0, 0.05) is 13.1 Å². The van der Waals surface area contributed by atoms with E-state index in [1.165, 1.54) is 17.7 Å². The van der Waals surface area contributed by atoms with Gasteiger partial charge < -0.3 is 9.88 Å². The molecule has 5 heteroatoms. The number of thiophene rings is 1. The number of aromatic nitrogens is 1. The lowest BCUT2D eigenvalue weighted by Crippen LogP contribution is -2.25. The van der Waals surface area contributed by atoms with Gasteiger partial charge in [-0.1, -0.05) is 57.2 Å². The maximum atomic E-state index is 13.4. The van der Waals surface area contributed by atoms with Crippen LogP contribution >= 0.6 is 11.3 Å². The van der Waals surface area contributed by atoms with E-state index in [-0.39, 0.29) is 23.7 Å². The van der Waals surface area contributed by atoms with Crippen LogP contribution in [0, 0.1) is 5.82 Å². The molecule has 4 rings (SSSR count).